The monoisotopic (exact) mass is 598 g/mol. The maximum absolute atomic E-state index is 14.9. The van der Waals surface area contributed by atoms with Crippen LogP contribution in [0.1, 0.15) is 32.6 Å². The van der Waals surface area contributed by atoms with Crippen LogP contribution in [-0.2, 0) is 13.1 Å². The van der Waals surface area contributed by atoms with E-state index in [1.165, 1.54) is 13.2 Å². The number of carbonyl (C=O) groups is 1. The molecular formula is C32H35FN8O3. The van der Waals surface area contributed by atoms with Crippen molar-refractivity contribution in [1.29, 1.82) is 0 Å². The zero-order chi connectivity index (χ0) is 31.1. The van der Waals surface area contributed by atoms with Gasteiger partial charge in [-0.3, -0.25) is 14.4 Å². The number of piperazine rings is 1. The number of nitrogens with one attached hydrogen (secondary N) is 2. The van der Waals surface area contributed by atoms with Crippen LogP contribution in [0.25, 0.3) is 0 Å². The highest BCUT2D eigenvalue weighted by molar-refractivity contribution is 6.04. The first kappa shape index (κ1) is 30.6. The molecular weight excluding hydrogens is 563 g/mol. The van der Waals surface area contributed by atoms with Gasteiger partial charge < -0.3 is 25.4 Å². The largest absolute Gasteiger partial charge is 0.478 e. The lowest BCUT2D eigenvalue weighted by molar-refractivity contribution is 0.102. The molecule has 1 aliphatic rings. The van der Waals surface area contributed by atoms with Gasteiger partial charge in [0.15, 0.2) is 0 Å². The molecule has 1 saturated heterocycles. The van der Waals surface area contributed by atoms with Crippen LogP contribution in [-0.4, -0.2) is 87.5 Å². The van der Waals surface area contributed by atoms with Crippen LogP contribution in [0.4, 0.5) is 21.7 Å². The van der Waals surface area contributed by atoms with Crippen molar-refractivity contribution in [3.63, 3.8) is 0 Å². The molecule has 228 valence electrons. The van der Waals surface area contributed by atoms with E-state index >= 15 is 0 Å². The van der Waals surface area contributed by atoms with E-state index in [0.29, 0.717) is 58.5 Å². The van der Waals surface area contributed by atoms with Gasteiger partial charge in [0.25, 0.3) is 11.8 Å². The Bertz CT molecular complexity index is 1670. The number of aromatic nitrogens is 4. The lowest BCUT2D eigenvalue weighted by Crippen LogP contribution is -2.44. The van der Waals surface area contributed by atoms with Crippen LogP contribution in [0.15, 0.2) is 55.0 Å². The molecule has 5 rings (SSSR count). The number of nitrogens with zero attached hydrogens (tertiary/aromatic N) is 6. The second-order valence-electron chi connectivity index (χ2n) is 10.6. The van der Waals surface area contributed by atoms with Crippen molar-refractivity contribution in [3.05, 3.63) is 88.6 Å². The van der Waals surface area contributed by atoms with E-state index in [4.69, 9.17) is 9.84 Å². The van der Waals surface area contributed by atoms with E-state index in [2.05, 4.69) is 54.4 Å². The molecule has 0 atom stereocenters. The second kappa shape index (κ2) is 14.1. The number of hydrogen-bond acceptors (Lipinski definition) is 9. The highest BCUT2D eigenvalue weighted by atomic mass is 19.1. The number of benzene rings is 2. The minimum absolute atomic E-state index is 0.0490. The Labute approximate surface area is 255 Å². The fourth-order valence-corrected chi connectivity index (χ4v) is 4.68. The van der Waals surface area contributed by atoms with E-state index in [-0.39, 0.29) is 18.3 Å². The maximum Gasteiger partial charge on any atom is 0.256 e. The fraction of sp³-hybridized carbons (Fsp3) is 0.312. The van der Waals surface area contributed by atoms with Gasteiger partial charge in [-0.1, -0.05) is 24.0 Å². The van der Waals surface area contributed by atoms with Crippen molar-refractivity contribution in [2.45, 2.75) is 20.0 Å². The molecule has 11 nitrogen and oxygen atoms in total. The van der Waals surface area contributed by atoms with Crippen LogP contribution in [0.5, 0.6) is 5.88 Å². The minimum Gasteiger partial charge on any atom is -0.478 e. The third kappa shape index (κ3) is 7.76. The molecule has 1 amide bonds. The third-order valence-corrected chi connectivity index (χ3v) is 7.29. The van der Waals surface area contributed by atoms with Gasteiger partial charge in [0.1, 0.15) is 11.5 Å². The number of halogens is 1. The quantitative estimate of drug-likeness (QED) is 0.249. The molecule has 44 heavy (non-hydrogen) atoms. The number of amides is 1. The van der Waals surface area contributed by atoms with E-state index < -0.39 is 0 Å². The summed E-state index contributed by atoms with van der Waals surface area (Å²) in [7, 11) is 3.59. The highest BCUT2D eigenvalue weighted by Crippen LogP contribution is 2.24. The molecule has 3 N–H and O–H groups in total. The van der Waals surface area contributed by atoms with Crippen molar-refractivity contribution < 1.29 is 19.0 Å². The third-order valence-electron chi connectivity index (χ3n) is 7.29. The Balaban J connectivity index is 1.22. The number of hydrogen-bond donors (Lipinski definition) is 3. The Morgan fingerprint density at radius 2 is 1.86 bits per heavy atom. The van der Waals surface area contributed by atoms with Crippen molar-refractivity contribution in [2.75, 3.05) is 57.6 Å². The Kier molecular flexibility index (Phi) is 9.81. The normalized spacial score (nSPS) is 13.7. The first-order valence-corrected chi connectivity index (χ1v) is 14.3. The summed E-state index contributed by atoms with van der Waals surface area (Å²) in [4.78, 5) is 26.1. The average molecular weight is 599 g/mol. The minimum atomic E-state index is -0.351. The molecule has 0 bridgehead atoms. The molecule has 4 aromatic rings. The van der Waals surface area contributed by atoms with E-state index in [1.54, 1.807) is 47.5 Å². The van der Waals surface area contributed by atoms with Crippen LogP contribution < -0.4 is 15.4 Å². The lowest BCUT2D eigenvalue weighted by atomic mass is 10.0. The first-order chi connectivity index (χ1) is 21.3. The van der Waals surface area contributed by atoms with Gasteiger partial charge in [0, 0.05) is 67.5 Å². The number of aliphatic hydroxyl groups is 1. The number of aliphatic hydroxyl groups excluding tert-OH is 1. The number of aryl methyl sites for hydroxylation is 1. The summed E-state index contributed by atoms with van der Waals surface area (Å²) in [6.07, 6.45) is 4.86. The van der Waals surface area contributed by atoms with Gasteiger partial charge in [0.05, 0.1) is 32.0 Å². The van der Waals surface area contributed by atoms with Crippen LogP contribution in [0.2, 0.25) is 0 Å². The molecule has 0 radical (unpaired) electrons. The van der Waals surface area contributed by atoms with Crippen LogP contribution in [0.3, 0.4) is 0 Å². The molecule has 2 aromatic carbocycles. The van der Waals surface area contributed by atoms with E-state index in [1.807, 2.05) is 13.0 Å². The van der Waals surface area contributed by atoms with E-state index in [9.17, 15) is 9.18 Å². The van der Waals surface area contributed by atoms with Crippen molar-refractivity contribution in [3.8, 4) is 17.7 Å². The van der Waals surface area contributed by atoms with Gasteiger partial charge in [-0.05, 0) is 43.8 Å². The topological polar surface area (TPSA) is 121 Å². The number of methoxy groups -OCH3 is 1. The number of ether oxygens (including phenoxy) is 1. The van der Waals surface area contributed by atoms with Crippen LogP contribution >= 0.6 is 0 Å². The van der Waals surface area contributed by atoms with Gasteiger partial charge in [-0.2, -0.15) is 0 Å². The molecule has 0 unspecified atom stereocenters. The number of anilines is 3. The Morgan fingerprint density at radius 1 is 1.09 bits per heavy atom. The summed E-state index contributed by atoms with van der Waals surface area (Å²) in [5.41, 5.74) is 4.14. The van der Waals surface area contributed by atoms with E-state index in [0.717, 1.165) is 31.7 Å². The summed E-state index contributed by atoms with van der Waals surface area (Å²) in [6, 6.07) is 10.1. The SMILES string of the molecule is COc1nn(CCO)cc1Nc1ncc(C#Cc2cc(C(=O)Nc3ccc(CN4CCN(C)CC4)c(F)c3)ccc2C)cn1. The van der Waals surface area contributed by atoms with Gasteiger partial charge in [-0.15, -0.1) is 5.10 Å². The fourth-order valence-electron chi connectivity index (χ4n) is 4.68. The summed E-state index contributed by atoms with van der Waals surface area (Å²) in [5.74, 6) is 6.14. The van der Waals surface area contributed by atoms with Gasteiger partial charge in [-0.25, -0.2) is 14.4 Å². The van der Waals surface area contributed by atoms with Gasteiger partial charge >= 0.3 is 0 Å². The van der Waals surface area contributed by atoms with Gasteiger partial charge in [0.2, 0.25) is 5.95 Å². The molecule has 12 heteroatoms. The summed E-state index contributed by atoms with van der Waals surface area (Å²) in [5, 5.41) is 19.2. The number of rotatable bonds is 9. The predicted molar refractivity (Wildman–Crippen MR) is 165 cm³/mol. The zero-order valence-corrected chi connectivity index (χ0v) is 25.0. The molecule has 1 fully saturated rings. The summed E-state index contributed by atoms with van der Waals surface area (Å²) >= 11 is 0. The van der Waals surface area contributed by atoms with Crippen molar-refractivity contribution in [2.24, 2.45) is 0 Å². The number of carbonyl (C=O) groups excluding carboxylic acids is 1. The standard InChI is InChI=1S/C32H35FN8O3/c1-22-4-6-25(30(43)36-27-9-8-26(28(33)17-27)20-40-12-10-39(2)11-13-40)16-24(22)7-5-23-18-34-32(35-19-23)37-29-21-41(14-15-42)38-31(29)44-3/h4,6,8-9,16-19,21,42H,10-15,20H2,1-3H3,(H,36,43)(H,34,35,37). The highest BCUT2D eigenvalue weighted by Gasteiger charge is 2.16. The van der Waals surface area contributed by atoms with Crippen molar-refractivity contribution in [1.82, 2.24) is 29.5 Å². The molecule has 3 heterocycles. The molecule has 0 saturated carbocycles. The molecule has 2 aromatic heterocycles. The molecule has 1 aliphatic heterocycles. The lowest BCUT2D eigenvalue weighted by Gasteiger charge is -2.32. The average Bonchev–Trinajstić information content (AvgIpc) is 3.41. The number of likely N-dealkylation sites (N-methyl/N-ethyl adjacent to an activating group) is 1. The first-order valence-electron chi connectivity index (χ1n) is 14.3. The van der Waals surface area contributed by atoms with Crippen molar-refractivity contribution >= 4 is 23.2 Å². The summed E-state index contributed by atoms with van der Waals surface area (Å²) < 4.78 is 21.7. The Morgan fingerprint density at radius 3 is 2.57 bits per heavy atom. The maximum atomic E-state index is 14.9. The molecule has 0 spiro atoms. The second-order valence-corrected chi connectivity index (χ2v) is 10.6. The smallest absolute Gasteiger partial charge is 0.256 e. The summed E-state index contributed by atoms with van der Waals surface area (Å²) in [6.45, 7) is 6.47. The van der Waals surface area contributed by atoms with Crippen LogP contribution in [0, 0.1) is 24.6 Å². The molecule has 0 aliphatic carbocycles. The predicted octanol–water partition coefficient (Wildman–Crippen LogP) is 3.26. The zero-order valence-electron chi connectivity index (χ0n) is 25.0. The Hall–Kier alpha value is -4.83.